The van der Waals surface area contributed by atoms with Crippen LogP contribution in [0.4, 0.5) is 0 Å². The molecule has 1 fully saturated rings. The molecule has 1 aliphatic rings. The Morgan fingerprint density at radius 3 is 0.939 bits per heavy atom. The smallest absolute Gasteiger partial charge is 0.118 e. The molecule has 0 bridgehead atoms. The molecule has 1 aliphatic carbocycles. The van der Waals surface area contributed by atoms with Crippen molar-refractivity contribution in [1.29, 1.82) is 0 Å². The normalized spacial score (nSPS) is 22.1. The Morgan fingerprint density at radius 1 is 0.367 bits per heavy atom. The number of methoxy groups -OCH3 is 1. The molecule has 1 saturated carbocycles. The van der Waals surface area contributed by atoms with E-state index in [0.29, 0.717) is 19.8 Å². The minimum Gasteiger partial charge on any atom is -0.497 e. The lowest BCUT2D eigenvalue weighted by atomic mass is 9.83. The van der Waals surface area contributed by atoms with Crippen LogP contribution in [0.2, 0.25) is 0 Å². The van der Waals surface area contributed by atoms with E-state index in [4.69, 9.17) is 28.4 Å². The van der Waals surface area contributed by atoms with Crippen molar-refractivity contribution in [1.82, 2.24) is 0 Å². The maximum atomic E-state index is 12.2. The van der Waals surface area contributed by atoms with E-state index < -0.39 is 36.6 Å². The number of aliphatic hydroxyl groups is 1. The van der Waals surface area contributed by atoms with Gasteiger partial charge in [-0.1, -0.05) is 133 Å². The lowest BCUT2D eigenvalue weighted by molar-refractivity contribution is -0.283. The number of aliphatic hydroxyl groups excluding tert-OH is 1. The van der Waals surface area contributed by atoms with Gasteiger partial charge in [-0.05, 0) is 39.9 Å². The molecule has 0 radical (unpaired) electrons. The van der Waals surface area contributed by atoms with Gasteiger partial charge in [0.25, 0.3) is 0 Å². The van der Waals surface area contributed by atoms with Crippen LogP contribution in [0, 0.1) is 0 Å². The molecular formula is C42H44O7. The van der Waals surface area contributed by atoms with Crippen LogP contribution in [0.3, 0.4) is 0 Å². The molecule has 5 aromatic carbocycles. The van der Waals surface area contributed by atoms with E-state index in [1.54, 1.807) is 7.11 Å². The largest absolute Gasteiger partial charge is 0.497 e. The zero-order chi connectivity index (χ0) is 33.7. The number of ether oxygens (including phenoxy) is 6. The van der Waals surface area contributed by atoms with Crippen molar-refractivity contribution in [3.05, 3.63) is 173 Å². The standard InChI is InChI=1S/C42H44O7/c1-44-36-24-22-35(23-25-36)30-46-39-37(43)38(45-26-31-14-6-2-7-15-31)40(47-27-32-16-8-3-9-17-32)42(49-29-34-20-12-5-13-21-34)41(39)48-28-33-18-10-4-11-19-33/h2-25,37-43H,26-30H2,1H3/t37-,38-,39-,40-,41+,42+/m0/s1. The average Bonchev–Trinajstić information content (AvgIpc) is 3.16. The summed E-state index contributed by atoms with van der Waals surface area (Å²) in [5.41, 5.74) is 4.92. The first-order chi connectivity index (χ1) is 24.2. The van der Waals surface area contributed by atoms with E-state index in [1.165, 1.54) is 0 Å². The first-order valence-corrected chi connectivity index (χ1v) is 16.7. The third kappa shape index (κ3) is 9.64. The van der Waals surface area contributed by atoms with Crippen molar-refractivity contribution in [2.75, 3.05) is 7.11 Å². The Bertz CT molecular complexity index is 1640. The minimum atomic E-state index is -1.10. The van der Waals surface area contributed by atoms with E-state index in [0.717, 1.165) is 33.6 Å². The highest BCUT2D eigenvalue weighted by Crippen LogP contribution is 2.35. The van der Waals surface area contributed by atoms with Crippen LogP contribution < -0.4 is 4.74 Å². The predicted octanol–water partition coefficient (Wildman–Crippen LogP) is 7.30. The number of hydrogen-bond acceptors (Lipinski definition) is 7. The second kappa shape index (κ2) is 17.9. The number of benzene rings is 5. The van der Waals surface area contributed by atoms with E-state index in [-0.39, 0.29) is 13.2 Å². The molecule has 254 valence electrons. The van der Waals surface area contributed by atoms with Gasteiger partial charge in [-0.3, -0.25) is 0 Å². The van der Waals surface area contributed by atoms with Crippen molar-refractivity contribution in [3.8, 4) is 5.75 Å². The van der Waals surface area contributed by atoms with E-state index in [2.05, 4.69) is 0 Å². The Labute approximate surface area is 289 Å². The lowest BCUT2D eigenvalue weighted by Gasteiger charge is -2.48. The molecule has 0 saturated heterocycles. The summed E-state index contributed by atoms with van der Waals surface area (Å²) in [7, 11) is 1.64. The Morgan fingerprint density at radius 2 is 0.633 bits per heavy atom. The molecule has 7 nitrogen and oxygen atoms in total. The third-order valence-electron chi connectivity index (χ3n) is 8.71. The molecule has 0 amide bonds. The first kappa shape index (κ1) is 34.5. The van der Waals surface area contributed by atoms with Gasteiger partial charge in [-0.15, -0.1) is 0 Å². The second-order valence-corrected chi connectivity index (χ2v) is 12.2. The molecule has 6 atom stereocenters. The fraction of sp³-hybridized carbons (Fsp3) is 0.286. The quantitative estimate of drug-likeness (QED) is 0.119. The summed E-state index contributed by atoms with van der Waals surface area (Å²) < 4.78 is 38.7. The van der Waals surface area contributed by atoms with Gasteiger partial charge in [-0.25, -0.2) is 0 Å². The Hall–Kier alpha value is -4.34. The summed E-state index contributed by atoms with van der Waals surface area (Å²) in [6.45, 7) is 1.43. The zero-order valence-corrected chi connectivity index (χ0v) is 27.8. The van der Waals surface area contributed by atoms with Crippen LogP contribution in [-0.2, 0) is 56.7 Å². The van der Waals surface area contributed by atoms with Crippen LogP contribution in [0.25, 0.3) is 0 Å². The van der Waals surface area contributed by atoms with Crippen molar-refractivity contribution in [2.24, 2.45) is 0 Å². The molecule has 49 heavy (non-hydrogen) atoms. The molecule has 7 heteroatoms. The van der Waals surface area contributed by atoms with Crippen LogP contribution in [0.15, 0.2) is 146 Å². The maximum Gasteiger partial charge on any atom is 0.118 e. The predicted molar refractivity (Wildman–Crippen MR) is 188 cm³/mol. The van der Waals surface area contributed by atoms with Gasteiger partial charge in [0.2, 0.25) is 0 Å². The van der Waals surface area contributed by atoms with E-state index in [9.17, 15) is 5.11 Å². The second-order valence-electron chi connectivity index (χ2n) is 12.2. The van der Waals surface area contributed by atoms with Crippen LogP contribution in [0.5, 0.6) is 5.75 Å². The van der Waals surface area contributed by atoms with Gasteiger partial charge >= 0.3 is 0 Å². The van der Waals surface area contributed by atoms with Crippen molar-refractivity contribution < 1.29 is 33.5 Å². The fourth-order valence-electron chi connectivity index (χ4n) is 6.07. The van der Waals surface area contributed by atoms with Crippen molar-refractivity contribution in [3.63, 3.8) is 0 Å². The van der Waals surface area contributed by atoms with Gasteiger partial charge in [0.1, 0.15) is 42.4 Å². The highest BCUT2D eigenvalue weighted by atomic mass is 16.6. The van der Waals surface area contributed by atoms with Crippen LogP contribution in [-0.4, -0.2) is 48.8 Å². The topological polar surface area (TPSA) is 75.6 Å². The monoisotopic (exact) mass is 660 g/mol. The van der Waals surface area contributed by atoms with Crippen molar-refractivity contribution >= 4 is 0 Å². The summed E-state index contributed by atoms with van der Waals surface area (Å²) in [4.78, 5) is 0. The summed E-state index contributed by atoms with van der Waals surface area (Å²) in [5.74, 6) is 0.757. The molecule has 0 spiro atoms. The molecule has 5 aromatic rings. The number of rotatable bonds is 16. The van der Waals surface area contributed by atoms with Gasteiger partial charge in [0.05, 0.1) is 40.1 Å². The summed E-state index contributed by atoms with van der Waals surface area (Å²) in [5, 5.41) is 12.2. The summed E-state index contributed by atoms with van der Waals surface area (Å²) >= 11 is 0. The molecule has 6 rings (SSSR count). The zero-order valence-electron chi connectivity index (χ0n) is 27.8. The Balaban J connectivity index is 1.34. The average molecular weight is 661 g/mol. The molecule has 1 N–H and O–H groups in total. The summed E-state index contributed by atoms with van der Waals surface area (Å²) in [6, 6.07) is 47.6. The molecule has 0 aromatic heterocycles. The van der Waals surface area contributed by atoms with Gasteiger partial charge < -0.3 is 33.5 Å². The summed E-state index contributed by atoms with van der Waals surface area (Å²) in [6.07, 6.45) is -4.73. The van der Waals surface area contributed by atoms with Gasteiger partial charge in [0.15, 0.2) is 0 Å². The van der Waals surface area contributed by atoms with E-state index >= 15 is 0 Å². The molecular weight excluding hydrogens is 616 g/mol. The van der Waals surface area contributed by atoms with Gasteiger partial charge in [-0.2, -0.15) is 0 Å². The Kier molecular flexibility index (Phi) is 12.6. The number of hydrogen-bond donors (Lipinski definition) is 1. The molecule has 0 heterocycles. The van der Waals surface area contributed by atoms with Crippen LogP contribution in [0.1, 0.15) is 27.8 Å². The molecule has 0 unspecified atom stereocenters. The van der Waals surface area contributed by atoms with Crippen LogP contribution >= 0.6 is 0 Å². The lowest BCUT2D eigenvalue weighted by Crippen LogP contribution is -2.66. The highest BCUT2D eigenvalue weighted by Gasteiger charge is 2.54. The SMILES string of the molecule is COc1ccc(CO[C@H]2[C@@H](O)[C@H](OCc3ccccc3)[C@H](OCc3ccccc3)[C@@H](OCc3ccccc3)[C@@H]2OCc2ccccc2)cc1. The highest BCUT2D eigenvalue weighted by molar-refractivity contribution is 5.27. The third-order valence-corrected chi connectivity index (χ3v) is 8.71. The van der Waals surface area contributed by atoms with Crippen molar-refractivity contribution in [2.45, 2.75) is 69.7 Å². The molecule has 0 aliphatic heterocycles. The fourth-order valence-corrected chi connectivity index (χ4v) is 6.07. The first-order valence-electron chi connectivity index (χ1n) is 16.7. The van der Waals surface area contributed by atoms with E-state index in [1.807, 2.05) is 146 Å². The maximum absolute atomic E-state index is 12.2. The van der Waals surface area contributed by atoms with Gasteiger partial charge in [0, 0.05) is 0 Å². The minimum absolute atomic E-state index is 0.239.